The predicted octanol–water partition coefficient (Wildman–Crippen LogP) is 4.37. The van der Waals surface area contributed by atoms with Gasteiger partial charge in [-0.15, -0.1) is 0 Å². The third kappa shape index (κ3) is 13.4. The smallest absolute Gasteiger partial charge is 0.407 e. The van der Waals surface area contributed by atoms with Crippen LogP contribution in [0.2, 0.25) is 0 Å². The third-order valence-electron chi connectivity index (χ3n) is 6.90. The molecule has 3 rings (SSSR count). The quantitative estimate of drug-likeness (QED) is 0.305. The van der Waals surface area contributed by atoms with Crippen LogP contribution in [-0.2, 0) is 35.1 Å². The van der Waals surface area contributed by atoms with E-state index in [4.69, 9.17) is 28.8 Å². The summed E-state index contributed by atoms with van der Waals surface area (Å²) < 4.78 is 26.3. The molecule has 13 heteroatoms. The molecule has 0 spiro atoms. The van der Waals surface area contributed by atoms with Crippen molar-refractivity contribution in [3.8, 4) is 0 Å². The van der Waals surface area contributed by atoms with Gasteiger partial charge < -0.3 is 44.7 Å². The van der Waals surface area contributed by atoms with E-state index in [1.54, 1.807) is 27.9 Å². The molecule has 0 radical (unpaired) electrons. The molecule has 1 aromatic rings. The van der Waals surface area contributed by atoms with Crippen molar-refractivity contribution in [2.45, 2.75) is 115 Å². The molecule has 2 aliphatic carbocycles. The summed E-state index contributed by atoms with van der Waals surface area (Å²) in [6.07, 6.45) is -0.0563. The maximum Gasteiger partial charge on any atom is 0.407 e. The fraction of sp³-hybridized carbons (Fsp3) is 0.677. The number of carbonyl (C=O) groups excluding carboxylic acids is 3. The van der Waals surface area contributed by atoms with Crippen molar-refractivity contribution in [2.24, 2.45) is 5.92 Å². The number of methoxy groups -OCH3 is 2. The number of carboxylic acid groups (broad SMARTS) is 1. The van der Waals surface area contributed by atoms with Crippen LogP contribution < -0.4 is 16.0 Å². The van der Waals surface area contributed by atoms with Crippen LogP contribution in [0.4, 0.5) is 14.4 Å². The lowest BCUT2D eigenvalue weighted by Crippen LogP contribution is -2.43. The largest absolute Gasteiger partial charge is 0.481 e. The molecule has 2 saturated carbocycles. The van der Waals surface area contributed by atoms with Crippen molar-refractivity contribution >= 4 is 24.2 Å². The van der Waals surface area contributed by atoms with Crippen LogP contribution in [0.1, 0.15) is 72.8 Å². The molecule has 6 atom stereocenters. The molecule has 3 amide bonds. The second-order valence-corrected chi connectivity index (χ2v) is 12.9. The minimum Gasteiger partial charge on any atom is -0.481 e. The molecule has 1 aromatic carbocycles. The van der Waals surface area contributed by atoms with Gasteiger partial charge in [0.2, 0.25) is 0 Å². The molecule has 0 bridgehead atoms. The monoisotopic (exact) mass is 623 g/mol. The first-order chi connectivity index (χ1) is 20.5. The standard InChI is InChI=1S/C19H28N2O5.C12H21NO5/c1-19(2,3)26-18(23)21-15-10-14(11-16(15)24-4)20-17(22)25-12-13-8-6-5-7-9-13;1-12(2,3)18-11(16)13-8-5-7(10(14)15)6-9(8)17-4/h5-9,14-16H,10-12H2,1-4H3,(H,20,22)(H,21,23);7-9H,5-6H2,1-4H3,(H,13,16)(H,14,15)/t14-,15+,16-;7-,8+,9-/m11/s1. The Balaban J connectivity index is 0.000000329. The Kier molecular flexibility index (Phi) is 13.7. The highest BCUT2D eigenvalue weighted by atomic mass is 16.6. The number of aliphatic carboxylic acids is 1. The maximum atomic E-state index is 12.0. The van der Waals surface area contributed by atoms with Gasteiger partial charge >= 0.3 is 24.2 Å². The average molecular weight is 624 g/mol. The van der Waals surface area contributed by atoms with Crippen molar-refractivity contribution in [3.63, 3.8) is 0 Å². The third-order valence-corrected chi connectivity index (χ3v) is 6.90. The minimum atomic E-state index is -0.856. The Morgan fingerprint density at radius 1 is 0.727 bits per heavy atom. The Morgan fingerprint density at radius 3 is 1.70 bits per heavy atom. The second kappa shape index (κ2) is 16.5. The van der Waals surface area contributed by atoms with Crippen LogP contribution >= 0.6 is 0 Å². The number of amides is 3. The number of hydrogen-bond donors (Lipinski definition) is 4. The van der Waals surface area contributed by atoms with E-state index in [9.17, 15) is 19.2 Å². The van der Waals surface area contributed by atoms with Crippen LogP contribution in [0.5, 0.6) is 0 Å². The first-order valence-electron chi connectivity index (χ1n) is 14.7. The van der Waals surface area contributed by atoms with Crippen LogP contribution in [-0.4, -0.2) is 85.1 Å². The van der Waals surface area contributed by atoms with E-state index in [0.717, 1.165) is 5.56 Å². The SMILES string of the molecule is CO[C@@H]1C[C@H](C(=O)O)C[C@@H]1NC(=O)OC(C)(C)C.CO[C@@H]1C[C@H](NC(=O)OCc2ccccc2)C[C@@H]1NC(=O)OC(C)(C)C. The summed E-state index contributed by atoms with van der Waals surface area (Å²) >= 11 is 0. The summed E-state index contributed by atoms with van der Waals surface area (Å²) in [6.45, 7) is 11.0. The van der Waals surface area contributed by atoms with Crippen molar-refractivity contribution in [3.05, 3.63) is 35.9 Å². The van der Waals surface area contributed by atoms with Crippen molar-refractivity contribution < 1.29 is 48.0 Å². The van der Waals surface area contributed by atoms with Gasteiger partial charge in [-0.25, -0.2) is 14.4 Å². The molecule has 2 aliphatic rings. The molecular formula is C31H49N3O10. The second-order valence-electron chi connectivity index (χ2n) is 12.9. The number of rotatable bonds is 8. The van der Waals surface area contributed by atoms with E-state index in [1.165, 1.54) is 7.11 Å². The van der Waals surface area contributed by atoms with Crippen molar-refractivity contribution in [1.82, 2.24) is 16.0 Å². The van der Waals surface area contributed by atoms with E-state index < -0.39 is 41.4 Å². The summed E-state index contributed by atoms with van der Waals surface area (Å²) in [5.41, 5.74) is -0.213. The first kappa shape index (κ1) is 36.6. The molecule has 0 aromatic heterocycles. The van der Waals surface area contributed by atoms with Crippen LogP contribution in [0.25, 0.3) is 0 Å². The van der Waals surface area contributed by atoms with Gasteiger partial charge in [0.25, 0.3) is 0 Å². The predicted molar refractivity (Wildman–Crippen MR) is 161 cm³/mol. The molecule has 2 fully saturated rings. The lowest BCUT2D eigenvalue weighted by Gasteiger charge is -2.24. The topological polar surface area (TPSA) is 171 Å². The van der Waals surface area contributed by atoms with Crippen LogP contribution in [0.3, 0.4) is 0 Å². The molecular weight excluding hydrogens is 574 g/mol. The van der Waals surface area contributed by atoms with Gasteiger partial charge in [-0.3, -0.25) is 4.79 Å². The average Bonchev–Trinajstić information content (AvgIpc) is 3.49. The molecule has 44 heavy (non-hydrogen) atoms. The van der Waals surface area contributed by atoms with Gasteiger partial charge in [0.15, 0.2) is 0 Å². The van der Waals surface area contributed by atoms with Gasteiger partial charge in [-0.1, -0.05) is 30.3 Å². The Bertz CT molecular complexity index is 1090. The number of alkyl carbamates (subject to hydrolysis) is 3. The number of nitrogens with one attached hydrogen (secondary N) is 3. The lowest BCUT2D eigenvalue weighted by atomic mass is 10.1. The fourth-order valence-corrected chi connectivity index (χ4v) is 4.99. The fourth-order valence-electron chi connectivity index (χ4n) is 4.99. The van der Waals surface area contributed by atoms with Crippen molar-refractivity contribution in [2.75, 3.05) is 14.2 Å². The maximum absolute atomic E-state index is 12.0. The molecule has 4 N–H and O–H groups in total. The van der Waals surface area contributed by atoms with E-state index in [0.29, 0.717) is 25.7 Å². The molecule has 0 heterocycles. The minimum absolute atomic E-state index is 0.136. The normalized spacial score (nSPS) is 24.7. The zero-order chi connectivity index (χ0) is 33.1. The number of benzene rings is 1. The summed E-state index contributed by atoms with van der Waals surface area (Å²) in [6, 6.07) is 8.80. The van der Waals surface area contributed by atoms with Gasteiger partial charge in [-0.05, 0) is 72.8 Å². The van der Waals surface area contributed by atoms with Crippen LogP contribution in [0, 0.1) is 5.92 Å². The van der Waals surface area contributed by atoms with Crippen LogP contribution in [0.15, 0.2) is 30.3 Å². The molecule has 0 aliphatic heterocycles. The van der Waals surface area contributed by atoms with E-state index in [-0.39, 0.29) is 36.9 Å². The Morgan fingerprint density at radius 2 is 1.23 bits per heavy atom. The molecule has 0 unspecified atom stereocenters. The van der Waals surface area contributed by atoms with E-state index in [1.807, 2.05) is 51.1 Å². The Hall–Kier alpha value is -3.58. The van der Waals surface area contributed by atoms with Gasteiger partial charge in [-0.2, -0.15) is 0 Å². The van der Waals surface area contributed by atoms with Gasteiger partial charge in [0, 0.05) is 20.3 Å². The lowest BCUT2D eigenvalue weighted by molar-refractivity contribution is -0.141. The molecule has 248 valence electrons. The first-order valence-corrected chi connectivity index (χ1v) is 14.7. The molecule has 0 saturated heterocycles. The highest BCUT2D eigenvalue weighted by Crippen LogP contribution is 2.28. The van der Waals surface area contributed by atoms with Crippen molar-refractivity contribution in [1.29, 1.82) is 0 Å². The molecule has 13 nitrogen and oxygen atoms in total. The van der Waals surface area contributed by atoms with Gasteiger partial charge in [0.1, 0.15) is 17.8 Å². The number of ether oxygens (including phenoxy) is 5. The summed E-state index contributed by atoms with van der Waals surface area (Å²) in [4.78, 5) is 46.5. The van der Waals surface area contributed by atoms with Gasteiger partial charge in [0.05, 0.1) is 30.2 Å². The zero-order valence-electron chi connectivity index (χ0n) is 27.0. The summed E-state index contributed by atoms with van der Waals surface area (Å²) in [5.74, 6) is -1.33. The van der Waals surface area contributed by atoms with E-state index >= 15 is 0 Å². The number of carbonyl (C=O) groups is 4. The zero-order valence-corrected chi connectivity index (χ0v) is 27.0. The highest BCUT2D eigenvalue weighted by Gasteiger charge is 2.40. The number of carboxylic acids is 1. The summed E-state index contributed by atoms with van der Waals surface area (Å²) in [7, 11) is 3.10. The summed E-state index contributed by atoms with van der Waals surface area (Å²) in [5, 5.41) is 17.3. The number of hydrogen-bond acceptors (Lipinski definition) is 9. The Labute approximate surface area is 259 Å². The van der Waals surface area contributed by atoms with E-state index in [2.05, 4.69) is 16.0 Å². The highest BCUT2D eigenvalue weighted by molar-refractivity contribution is 5.72.